The van der Waals surface area contributed by atoms with Crippen molar-refractivity contribution in [2.75, 3.05) is 13.1 Å². The first-order chi connectivity index (χ1) is 11.3. The summed E-state index contributed by atoms with van der Waals surface area (Å²) in [6.07, 6.45) is 2.05. The van der Waals surface area contributed by atoms with Gasteiger partial charge >= 0.3 is 0 Å². The average molecular weight is 311 g/mol. The predicted octanol–water partition coefficient (Wildman–Crippen LogP) is 1.72. The number of fused-ring (bicyclic) bond motifs is 1. The quantitative estimate of drug-likeness (QED) is 0.710. The second-order valence-corrected chi connectivity index (χ2v) is 5.71. The van der Waals surface area contributed by atoms with Crippen LogP contribution in [0, 0.1) is 6.92 Å². The van der Waals surface area contributed by atoms with Gasteiger partial charge < -0.3 is 9.26 Å². The van der Waals surface area contributed by atoms with Gasteiger partial charge in [0.1, 0.15) is 6.61 Å². The van der Waals surface area contributed by atoms with Crippen LogP contribution in [0.3, 0.4) is 0 Å². The number of para-hydroxylation sites is 2. The highest BCUT2D eigenvalue weighted by atomic mass is 16.5. The number of aryl methyl sites for hydroxylation is 1. The number of hydrogen-bond acceptors (Lipinski definition) is 7. The highest BCUT2D eigenvalue weighted by Crippen LogP contribution is 2.17. The largest absolute Gasteiger partial charge is 0.366 e. The molecule has 4 rings (SSSR count). The monoisotopic (exact) mass is 311 g/mol. The number of ether oxygens (including phenoxy) is 1. The number of hydrogen-bond donors (Lipinski definition) is 0. The number of benzene rings is 1. The lowest BCUT2D eigenvalue weighted by molar-refractivity contribution is -0.0725. The average Bonchev–Trinajstić information content (AvgIpc) is 2.95. The second kappa shape index (κ2) is 6.02. The van der Waals surface area contributed by atoms with E-state index in [4.69, 9.17) is 9.26 Å². The molecule has 1 aliphatic rings. The Labute approximate surface area is 133 Å². The van der Waals surface area contributed by atoms with Crippen molar-refractivity contribution in [1.82, 2.24) is 25.0 Å². The molecule has 0 N–H and O–H groups in total. The lowest BCUT2D eigenvalue weighted by atomic mass is 10.1. The van der Waals surface area contributed by atoms with Gasteiger partial charge in [-0.2, -0.15) is 4.98 Å². The first-order valence-electron chi connectivity index (χ1n) is 7.60. The normalized spacial score (nSPS) is 15.9. The summed E-state index contributed by atoms with van der Waals surface area (Å²) in [6.45, 7) is 4.71. The van der Waals surface area contributed by atoms with Crippen molar-refractivity contribution in [3.8, 4) is 0 Å². The molecule has 1 saturated heterocycles. The molecule has 0 amide bonds. The third kappa shape index (κ3) is 3.20. The minimum atomic E-state index is 0.204. The zero-order valence-corrected chi connectivity index (χ0v) is 12.8. The maximum atomic E-state index is 5.74. The van der Waals surface area contributed by atoms with Crippen LogP contribution in [0.25, 0.3) is 11.0 Å². The molecule has 0 unspecified atom stereocenters. The molecular formula is C16H17N5O2. The molecule has 0 atom stereocenters. The molecular weight excluding hydrogens is 294 g/mol. The fourth-order valence-corrected chi connectivity index (χ4v) is 2.65. The Bertz CT molecular complexity index is 813. The smallest absolute Gasteiger partial charge is 0.252 e. The third-order valence-electron chi connectivity index (χ3n) is 3.82. The highest BCUT2D eigenvalue weighted by molar-refractivity contribution is 5.73. The van der Waals surface area contributed by atoms with Crippen molar-refractivity contribution >= 4 is 11.0 Å². The summed E-state index contributed by atoms with van der Waals surface area (Å²) in [5, 5.41) is 3.74. The van der Waals surface area contributed by atoms with Crippen LogP contribution in [0.1, 0.15) is 17.4 Å². The van der Waals surface area contributed by atoms with Gasteiger partial charge in [0.25, 0.3) is 5.89 Å². The lowest BCUT2D eigenvalue weighted by Crippen LogP contribution is -2.51. The van der Waals surface area contributed by atoms with Crippen LogP contribution in [-0.4, -0.2) is 44.2 Å². The molecule has 2 aromatic heterocycles. The van der Waals surface area contributed by atoms with E-state index in [0.717, 1.165) is 36.4 Å². The van der Waals surface area contributed by atoms with Gasteiger partial charge in [0.15, 0.2) is 5.82 Å². The zero-order valence-electron chi connectivity index (χ0n) is 12.8. The zero-order chi connectivity index (χ0) is 15.6. The van der Waals surface area contributed by atoms with E-state index in [1.807, 2.05) is 30.5 Å². The van der Waals surface area contributed by atoms with Crippen LogP contribution in [0.5, 0.6) is 0 Å². The van der Waals surface area contributed by atoms with E-state index in [9.17, 15) is 0 Å². The highest BCUT2D eigenvalue weighted by Gasteiger charge is 2.28. The first kappa shape index (κ1) is 14.2. The maximum Gasteiger partial charge on any atom is 0.252 e. The van der Waals surface area contributed by atoms with E-state index in [1.54, 1.807) is 6.92 Å². The molecule has 3 heterocycles. The van der Waals surface area contributed by atoms with E-state index in [0.29, 0.717) is 18.3 Å². The Hall–Kier alpha value is -2.38. The molecule has 1 aromatic carbocycles. The Morgan fingerprint density at radius 3 is 2.83 bits per heavy atom. The Kier molecular flexibility index (Phi) is 3.72. The number of likely N-dealkylation sites (tertiary alicyclic amines) is 1. The van der Waals surface area contributed by atoms with Crippen molar-refractivity contribution in [3.63, 3.8) is 0 Å². The number of aromatic nitrogens is 4. The van der Waals surface area contributed by atoms with E-state index in [2.05, 4.69) is 25.0 Å². The topological polar surface area (TPSA) is 77.2 Å². The van der Waals surface area contributed by atoms with Crippen molar-refractivity contribution in [1.29, 1.82) is 0 Å². The SMILES string of the molecule is Cc1noc(COC2CN(Cc3cnc4ccccc4n3)C2)n1. The van der Waals surface area contributed by atoms with Gasteiger partial charge in [0.05, 0.1) is 29.0 Å². The van der Waals surface area contributed by atoms with E-state index >= 15 is 0 Å². The predicted molar refractivity (Wildman–Crippen MR) is 82.4 cm³/mol. The van der Waals surface area contributed by atoms with E-state index < -0.39 is 0 Å². The van der Waals surface area contributed by atoms with Crippen molar-refractivity contribution in [3.05, 3.63) is 47.9 Å². The van der Waals surface area contributed by atoms with Crippen LogP contribution in [-0.2, 0) is 17.9 Å². The summed E-state index contributed by atoms with van der Waals surface area (Å²) in [5.74, 6) is 1.16. The van der Waals surface area contributed by atoms with Gasteiger partial charge in [-0.3, -0.25) is 9.88 Å². The van der Waals surface area contributed by atoms with Crippen LogP contribution in [0.2, 0.25) is 0 Å². The van der Waals surface area contributed by atoms with Gasteiger partial charge in [-0.15, -0.1) is 0 Å². The maximum absolute atomic E-state index is 5.74. The molecule has 1 fully saturated rings. The van der Waals surface area contributed by atoms with Gasteiger partial charge in [-0.1, -0.05) is 17.3 Å². The fourth-order valence-electron chi connectivity index (χ4n) is 2.65. The molecule has 0 aliphatic carbocycles. The minimum absolute atomic E-state index is 0.204. The molecule has 1 aliphatic heterocycles. The van der Waals surface area contributed by atoms with Crippen LogP contribution in [0.15, 0.2) is 35.0 Å². The van der Waals surface area contributed by atoms with Crippen molar-refractivity contribution < 1.29 is 9.26 Å². The van der Waals surface area contributed by atoms with Gasteiger partial charge in [-0.05, 0) is 19.1 Å². The number of nitrogens with zero attached hydrogens (tertiary/aromatic N) is 5. The molecule has 0 spiro atoms. The molecule has 0 bridgehead atoms. The van der Waals surface area contributed by atoms with Gasteiger partial charge in [-0.25, -0.2) is 4.98 Å². The molecule has 3 aromatic rings. The summed E-state index contributed by atoms with van der Waals surface area (Å²) in [4.78, 5) is 15.5. The standard InChI is InChI=1S/C16H17N5O2/c1-11-18-16(23-20-11)10-22-13-8-21(9-13)7-12-6-17-14-4-2-3-5-15(14)19-12/h2-6,13H,7-10H2,1H3. The molecule has 0 saturated carbocycles. The summed E-state index contributed by atoms with van der Waals surface area (Å²) in [5.41, 5.74) is 2.84. The van der Waals surface area contributed by atoms with Gasteiger partial charge in [0, 0.05) is 19.6 Å². The fraction of sp³-hybridized carbons (Fsp3) is 0.375. The molecule has 23 heavy (non-hydrogen) atoms. The Morgan fingerprint density at radius 1 is 1.22 bits per heavy atom. The summed E-state index contributed by atoms with van der Waals surface area (Å²) < 4.78 is 10.8. The second-order valence-electron chi connectivity index (χ2n) is 5.71. The van der Waals surface area contributed by atoms with Crippen LogP contribution >= 0.6 is 0 Å². The molecule has 0 radical (unpaired) electrons. The van der Waals surface area contributed by atoms with Crippen molar-refractivity contribution in [2.45, 2.75) is 26.2 Å². The molecule has 118 valence electrons. The molecule has 7 heteroatoms. The van der Waals surface area contributed by atoms with E-state index in [1.165, 1.54) is 0 Å². The third-order valence-corrected chi connectivity index (χ3v) is 3.82. The minimum Gasteiger partial charge on any atom is -0.366 e. The van der Waals surface area contributed by atoms with Crippen LogP contribution < -0.4 is 0 Å². The first-order valence-corrected chi connectivity index (χ1v) is 7.60. The summed E-state index contributed by atoms with van der Waals surface area (Å²) >= 11 is 0. The van der Waals surface area contributed by atoms with E-state index in [-0.39, 0.29) is 6.10 Å². The number of rotatable bonds is 5. The Morgan fingerprint density at radius 2 is 2.04 bits per heavy atom. The van der Waals surface area contributed by atoms with Crippen LogP contribution in [0.4, 0.5) is 0 Å². The van der Waals surface area contributed by atoms with Crippen molar-refractivity contribution in [2.24, 2.45) is 0 Å². The summed E-state index contributed by atoms with van der Waals surface area (Å²) in [7, 11) is 0. The van der Waals surface area contributed by atoms with Gasteiger partial charge in [0.2, 0.25) is 0 Å². The Balaban J connectivity index is 1.28. The summed E-state index contributed by atoms with van der Waals surface area (Å²) in [6, 6.07) is 7.91. The molecule has 7 nitrogen and oxygen atoms in total. The lowest BCUT2D eigenvalue weighted by Gasteiger charge is -2.38.